The minimum absolute atomic E-state index is 0.0129. The zero-order valence-electron chi connectivity index (χ0n) is 14.2. The standard InChI is InChI=1S/C17H19F2N3O2S/c1-17(2,3)13-9-25-16(21-13)22-14(23)6-7-20-15(24)11-5-4-10(18)8-12(11)19/h4-5,8-9H,6-7H2,1-3H3,(H,20,24)(H,21,22,23). The van der Waals surface area contributed by atoms with Gasteiger partial charge in [-0.2, -0.15) is 0 Å². The van der Waals surface area contributed by atoms with Gasteiger partial charge in [0.25, 0.3) is 5.91 Å². The van der Waals surface area contributed by atoms with Crippen LogP contribution in [0.15, 0.2) is 23.6 Å². The molecule has 0 spiro atoms. The van der Waals surface area contributed by atoms with Crippen molar-refractivity contribution in [3.63, 3.8) is 0 Å². The summed E-state index contributed by atoms with van der Waals surface area (Å²) >= 11 is 1.33. The van der Waals surface area contributed by atoms with Crippen LogP contribution in [0.25, 0.3) is 0 Å². The first kappa shape index (κ1) is 19.0. The van der Waals surface area contributed by atoms with E-state index in [2.05, 4.69) is 15.6 Å². The highest BCUT2D eigenvalue weighted by atomic mass is 32.1. The van der Waals surface area contributed by atoms with Crippen molar-refractivity contribution in [1.82, 2.24) is 10.3 Å². The van der Waals surface area contributed by atoms with Crippen molar-refractivity contribution in [3.05, 3.63) is 46.5 Å². The van der Waals surface area contributed by atoms with Crippen molar-refractivity contribution in [1.29, 1.82) is 0 Å². The van der Waals surface area contributed by atoms with Gasteiger partial charge >= 0.3 is 0 Å². The number of carbonyl (C=O) groups is 2. The van der Waals surface area contributed by atoms with Crippen LogP contribution in [0.3, 0.4) is 0 Å². The van der Waals surface area contributed by atoms with E-state index in [0.29, 0.717) is 11.2 Å². The molecule has 0 aliphatic heterocycles. The summed E-state index contributed by atoms with van der Waals surface area (Å²) in [7, 11) is 0. The predicted octanol–water partition coefficient (Wildman–Crippen LogP) is 3.48. The highest BCUT2D eigenvalue weighted by Crippen LogP contribution is 2.26. The molecule has 1 aromatic heterocycles. The lowest BCUT2D eigenvalue weighted by Crippen LogP contribution is -2.28. The van der Waals surface area contributed by atoms with Crippen LogP contribution < -0.4 is 10.6 Å². The van der Waals surface area contributed by atoms with Gasteiger partial charge in [-0.25, -0.2) is 13.8 Å². The van der Waals surface area contributed by atoms with E-state index in [4.69, 9.17) is 0 Å². The molecule has 0 saturated heterocycles. The molecule has 2 amide bonds. The molecule has 134 valence electrons. The maximum Gasteiger partial charge on any atom is 0.254 e. The average molecular weight is 367 g/mol. The van der Waals surface area contributed by atoms with Crippen molar-refractivity contribution in [2.24, 2.45) is 0 Å². The zero-order valence-corrected chi connectivity index (χ0v) is 15.0. The van der Waals surface area contributed by atoms with E-state index in [1.54, 1.807) is 0 Å². The molecule has 0 aliphatic carbocycles. The molecule has 1 heterocycles. The van der Waals surface area contributed by atoms with Crippen LogP contribution in [-0.2, 0) is 10.2 Å². The summed E-state index contributed by atoms with van der Waals surface area (Å²) in [6.45, 7) is 6.10. The minimum Gasteiger partial charge on any atom is -0.351 e. The van der Waals surface area contributed by atoms with E-state index in [1.807, 2.05) is 26.2 Å². The van der Waals surface area contributed by atoms with Crippen LogP contribution in [0.2, 0.25) is 0 Å². The smallest absolute Gasteiger partial charge is 0.254 e. The third-order valence-electron chi connectivity index (χ3n) is 3.33. The Morgan fingerprint density at radius 1 is 1.24 bits per heavy atom. The van der Waals surface area contributed by atoms with Gasteiger partial charge in [-0.3, -0.25) is 9.59 Å². The first-order chi connectivity index (χ1) is 11.7. The Bertz CT molecular complexity index is 784. The summed E-state index contributed by atoms with van der Waals surface area (Å²) in [6, 6.07) is 2.69. The fraction of sp³-hybridized carbons (Fsp3) is 0.353. The summed E-state index contributed by atoms with van der Waals surface area (Å²) < 4.78 is 26.3. The van der Waals surface area contributed by atoms with Crippen molar-refractivity contribution >= 4 is 28.3 Å². The number of nitrogens with zero attached hydrogens (tertiary/aromatic N) is 1. The molecule has 0 radical (unpaired) electrons. The summed E-state index contributed by atoms with van der Waals surface area (Å²) in [4.78, 5) is 28.0. The van der Waals surface area contributed by atoms with Gasteiger partial charge in [0, 0.05) is 29.8 Å². The molecule has 2 aromatic rings. The van der Waals surface area contributed by atoms with Gasteiger partial charge in [0.2, 0.25) is 5.91 Å². The molecule has 0 aliphatic rings. The molecule has 0 saturated carbocycles. The largest absolute Gasteiger partial charge is 0.351 e. The Hall–Kier alpha value is -2.35. The number of hydrogen-bond acceptors (Lipinski definition) is 4. The molecule has 8 heteroatoms. The number of thiazole rings is 1. The molecule has 5 nitrogen and oxygen atoms in total. The number of anilines is 1. The Balaban J connectivity index is 1.82. The van der Waals surface area contributed by atoms with Crippen LogP contribution in [0.1, 0.15) is 43.2 Å². The fourth-order valence-electron chi connectivity index (χ4n) is 1.92. The summed E-state index contributed by atoms with van der Waals surface area (Å²) in [5.41, 5.74) is 0.511. The van der Waals surface area contributed by atoms with Crippen LogP contribution in [-0.4, -0.2) is 23.3 Å². The number of carbonyl (C=O) groups excluding carboxylic acids is 2. The molecule has 0 fully saturated rings. The van der Waals surface area contributed by atoms with Crippen molar-refractivity contribution < 1.29 is 18.4 Å². The van der Waals surface area contributed by atoms with Gasteiger partial charge in [0.15, 0.2) is 5.13 Å². The molecule has 0 bridgehead atoms. The van der Waals surface area contributed by atoms with Crippen LogP contribution in [0.5, 0.6) is 0 Å². The van der Waals surface area contributed by atoms with E-state index in [-0.39, 0.29) is 29.9 Å². The minimum atomic E-state index is -0.945. The van der Waals surface area contributed by atoms with Gasteiger partial charge in [-0.15, -0.1) is 11.3 Å². The molecule has 1 aromatic carbocycles. The topological polar surface area (TPSA) is 71.1 Å². The Morgan fingerprint density at radius 2 is 1.96 bits per heavy atom. The predicted molar refractivity (Wildman–Crippen MR) is 92.8 cm³/mol. The van der Waals surface area contributed by atoms with E-state index in [9.17, 15) is 18.4 Å². The molecule has 2 rings (SSSR count). The number of rotatable bonds is 5. The Morgan fingerprint density at radius 3 is 2.56 bits per heavy atom. The maximum absolute atomic E-state index is 13.5. The Labute approximate surface area is 148 Å². The first-order valence-electron chi connectivity index (χ1n) is 7.66. The van der Waals surface area contributed by atoms with E-state index in [0.717, 1.165) is 17.8 Å². The van der Waals surface area contributed by atoms with E-state index >= 15 is 0 Å². The van der Waals surface area contributed by atoms with Gasteiger partial charge in [0.1, 0.15) is 11.6 Å². The van der Waals surface area contributed by atoms with Gasteiger partial charge in [-0.05, 0) is 12.1 Å². The third kappa shape index (κ3) is 5.32. The third-order valence-corrected chi connectivity index (χ3v) is 4.09. The SMILES string of the molecule is CC(C)(C)c1csc(NC(=O)CCNC(=O)c2ccc(F)cc2F)n1. The number of aromatic nitrogens is 1. The maximum atomic E-state index is 13.5. The van der Waals surface area contributed by atoms with Crippen molar-refractivity contribution in [2.45, 2.75) is 32.6 Å². The lowest BCUT2D eigenvalue weighted by Gasteiger charge is -2.14. The second-order valence-corrected chi connectivity index (χ2v) is 7.32. The van der Waals surface area contributed by atoms with Gasteiger partial charge in [-0.1, -0.05) is 20.8 Å². The fourth-order valence-corrected chi connectivity index (χ4v) is 2.87. The highest BCUT2D eigenvalue weighted by molar-refractivity contribution is 7.13. The second-order valence-electron chi connectivity index (χ2n) is 6.47. The molecular formula is C17H19F2N3O2S. The van der Waals surface area contributed by atoms with Crippen molar-refractivity contribution in [3.8, 4) is 0 Å². The number of hydrogen-bond donors (Lipinski definition) is 2. The number of amides is 2. The average Bonchev–Trinajstić information content (AvgIpc) is 2.95. The lowest BCUT2D eigenvalue weighted by atomic mass is 9.93. The monoisotopic (exact) mass is 367 g/mol. The van der Waals surface area contributed by atoms with Gasteiger partial charge in [0.05, 0.1) is 11.3 Å². The normalized spacial score (nSPS) is 11.2. The Kier molecular flexibility index (Phi) is 5.84. The summed E-state index contributed by atoms with van der Waals surface area (Å²) in [5.74, 6) is -2.71. The van der Waals surface area contributed by atoms with Crippen LogP contribution in [0, 0.1) is 11.6 Å². The molecule has 2 N–H and O–H groups in total. The van der Waals surface area contributed by atoms with Crippen molar-refractivity contribution in [2.75, 3.05) is 11.9 Å². The van der Waals surface area contributed by atoms with Crippen LogP contribution >= 0.6 is 11.3 Å². The van der Waals surface area contributed by atoms with Gasteiger partial charge < -0.3 is 10.6 Å². The molecule has 0 unspecified atom stereocenters. The van der Waals surface area contributed by atoms with Crippen LogP contribution in [0.4, 0.5) is 13.9 Å². The van der Waals surface area contributed by atoms with E-state index in [1.165, 1.54) is 11.3 Å². The van der Waals surface area contributed by atoms with E-state index < -0.39 is 17.5 Å². The highest BCUT2D eigenvalue weighted by Gasteiger charge is 2.18. The second kappa shape index (κ2) is 7.69. The summed E-state index contributed by atoms with van der Waals surface area (Å²) in [5, 5.41) is 7.46. The number of nitrogens with one attached hydrogen (secondary N) is 2. The number of halogens is 2. The molecule has 0 atom stereocenters. The number of benzene rings is 1. The lowest BCUT2D eigenvalue weighted by molar-refractivity contribution is -0.116. The summed E-state index contributed by atoms with van der Waals surface area (Å²) in [6.07, 6.45) is 0.0129. The zero-order chi connectivity index (χ0) is 18.6. The quantitative estimate of drug-likeness (QED) is 0.850. The molecule has 25 heavy (non-hydrogen) atoms. The first-order valence-corrected chi connectivity index (χ1v) is 8.54. The molecular weight excluding hydrogens is 348 g/mol.